The molecular formula is C9H7ClFN. The maximum absolute atomic E-state index is 13.1. The highest BCUT2D eigenvalue weighted by Crippen LogP contribution is 2.18. The second kappa shape index (κ2) is 4.08. The molecule has 1 aromatic carbocycles. The van der Waals surface area contributed by atoms with E-state index < -0.39 is 5.82 Å². The lowest BCUT2D eigenvalue weighted by atomic mass is 10.1. The van der Waals surface area contributed by atoms with Crippen LogP contribution in [0.25, 0.3) is 0 Å². The van der Waals surface area contributed by atoms with E-state index in [1.807, 2.05) is 6.07 Å². The van der Waals surface area contributed by atoms with Crippen molar-refractivity contribution >= 4 is 11.6 Å². The molecule has 0 spiro atoms. The van der Waals surface area contributed by atoms with E-state index in [0.717, 1.165) is 0 Å². The van der Waals surface area contributed by atoms with Gasteiger partial charge in [0.15, 0.2) is 0 Å². The fourth-order valence-corrected chi connectivity index (χ4v) is 1.13. The van der Waals surface area contributed by atoms with Gasteiger partial charge in [-0.3, -0.25) is 0 Å². The summed E-state index contributed by atoms with van der Waals surface area (Å²) in [6.07, 6.45) is 0.736. The summed E-state index contributed by atoms with van der Waals surface area (Å²) in [5.74, 6) is -0.408. The van der Waals surface area contributed by atoms with Gasteiger partial charge in [0.05, 0.1) is 11.1 Å². The minimum absolute atomic E-state index is 0.116. The van der Waals surface area contributed by atoms with Crippen molar-refractivity contribution in [3.05, 3.63) is 34.6 Å². The van der Waals surface area contributed by atoms with Crippen molar-refractivity contribution in [1.29, 1.82) is 5.26 Å². The SMILES string of the molecule is N#CCCc1cccc(Cl)c1F. The van der Waals surface area contributed by atoms with Gasteiger partial charge in [0, 0.05) is 6.42 Å². The van der Waals surface area contributed by atoms with Crippen LogP contribution < -0.4 is 0 Å². The molecule has 0 N–H and O–H groups in total. The normalized spacial score (nSPS) is 9.42. The highest BCUT2D eigenvalue weighted by atomic mass is 35.5. The van der Waals surface area contributed by atoms with Crippen LogP contribution in [0.2, 0.25) is 5.02 Å². The molecule has 0 unspecified atom stereocenters. The maximum Gasteiger partial charge on any atom is 0.145 e. The summed E-state index contributed by atoms with van der Waals surface area (Å²) < 4.78 is 13.1. The predicted octanol–water partition coefficient (Wildman–Crippen LogP) is 2.94. The number of aryl methyl sites for hydroxylation is 1. The first-order valence-corrected chi connectivity index (χ1v) is 3.93. The molecule has 62 valence electrons. The van der Waals surface area contributed by atoms with Crippen LogP contribution in [0.3, 0.4) is 0 Å². The van der Waals surface area contributed by atoms with Crippen LogP contribution in [0.1, 0.15) is 12.0 Å². The van der Waals surface area contributed by atoms with Gasteiger partial charge in [-0.05, 0) is 18.1 Å². The van der Waals surface area contributed by atoms with E-state index in [0.29, 0.717) is 18.4 Å². The smallest absolute Gasteiger partial charge is 0.145 e. The molecule has 3 heteroatoms. The molecule has 0 heterocycles. The van der Waals surface area contributed by atoms with Gasteiger partial charge in [-0.15, -0.1) is 0 Å². The Bertz CT molecular complexity index is 317. The number of nitriles is 1. The molecule has 0 aliphatic rings. The van der Waals surface area contributed by atoms with Crippen LogP contribution in [0, 0.1) is 17.1 Å². The van der Waals surface area contributed by atoms with Gasteiger partial charge in [-0.25, -0.2) is 4.39 Å². The quantitative estimate of drug-likeness (QED) is 0.692. The third kappa shape index (κ3) is 1.96. The average Bonchev–Trinajstić information content (AvgIpc) is 2.08. The highest BCUT2D eigenvalue weighted by Gasteiger charge is 2.04. The number of nitrogens with zero attached hydrogens (tertiary/aromatic N) is 1. The van der Waals surface area contributed by atoms with Crippen molar-refractivity contribution in [2.24, 2.45) is 0 Å². The number of rotatable bonds is 2. The molecular weight excluding hydrogens is 177 g/mol. The number of hydrogen-bond donors (Lipinski definition) is 0. The lowest BCUT2D eigenvalue weighted by Gasteiger charge is -2.00. The average molecular weight is 184 g/mol. The Morgan fingerprint density at radius 1 is 1.50 bits per heavy atom. The summed E-state index contributed by atoms with van der Waals surface area (Å²) in [4.78, 5) is 0. The van der Waals surface area contributed by atoms with Gasteiger partial charge < -0.3 is 0 Å². The molecule has 0 radical (unpaired) electrons. The summed E-state index contributed by atoms with van der Waals surface area (Å²) in [7, 11) is 0. The second-order valence-corrected chi connectivity index (χ2v) is 2.78. The molecule has 1 rings (SSSR count). The van der Waals surface area contributed by atoms with Gasteiger partial charge in [0.1, 0.15) is 5.82 Å². The Kier molecular flexibility index (Phi) is 3.07. The predicted molar refractivity (Wildman–Crippen MR) is 45.3 cm³/mol. The van der Waals surface area contributed by atoms with Gasteiger partial charge >= 0.3 is 0 Å². The molecule has 12 heavy (non-hydrogen) atoms. The summed E-state index contributed by atoms with van der Waals surface area (Å²) in [5.41, 5.74) is 0.504. The maximum atomic E-state index is 13.1. The minimum Gasteiger partial charge on any atom is -0.205 e. The molecule has 0 aliphatic heterocycles. The summed E-state index contributed by atoms with van der Waals surface area (Å²) in [6.45, 7) is 0. The zero-order valence-electron chi connectivity index (χ0n) is 6.35. The van der Waals surface area contributed by atoms with E-state index in [-0.39, 0.29) is 5.02 Å². The zero-order valence-corrected chi connectivity index (χ0v) is 7.11. The Labute approximate surface area is 75.4 Å². The minimum atomic E-state index is -0.408. The zero-order chi connectivity index (χ0) is 8.97. The van der Waals surface area contributed by atoms with Gasteiger partial charge in [-0.1, -0.05) is 23.7 Å². The molecule has 0 atom stereocenters. The van der Waals surface area contributed by atoms with Crippen LogP contribution in [0.15, 0.2) is 18.2 Å². The Balaban J connectivity index is 2.86. The first-order chi connectivity index (χ1) is 5.75. The van der Waals surface area contributed by atoms with E-state index in [1.165, 1.54) is 6.07 Å². The van der Waals surface area contributed by atoms with Crippen molar-refractivity contribution in [1.82, 2.24) is 0 Å². The van der Waals surface area contributed by atoms with Gasteiger partial charge in [0.25, 0.3) is 0 Å². The fraction of sp³-hybridized carbons (Fsp3) is 0.222. The standard InChI is InChI=1S/C9H7ClFN/c10-8-5-1-3-7(9(8)11)4-2-6-12/h1,3,5H,2,4H2. The van der Waals surface area contributed by atoms with Crippen LogP contribution >= 0.6 is 11.6 Å². The number of hydrogen-bond acceptors (Lipinski definition) is 1. The summed E-state index contributed by atoms with van der Waals surface area (Å²) in [6, 6.07) is 6.76. The van der Waals surface area contributed by atoms with Crippen LogP contribution in [-0.2, 0) is 6.42 Å². The molecule has 0 saturated heterocycles. The summed E-state index contributed by atoms with van der Waals surface area (Å²) >= 11 is 5.53. The van der Waals surface area contributed by atoms with Crippen molar-refractivity contribution in [3.63, 3.8) is 0 Å². The van der Waals surface area contributed by atoms with Crippen molar-refractivity contribution in [3.8, 4) is 6.07 Å². The third-order valence-corrected chi connectivity index (χ3v) is 1.83. The van der Waals surface area contributed by atoms with Crippen molar-refractivity contribution in [2.75, 3.05) is 0 Å². The van der Waals surface area contributed by atoms with Crippen molar-refractivity contribution in [2.45, 2.75) is 12.8 Å². The van der Waals surface area contributed by atoms with Crippen LogP contribution in [-0.4, -0.2) is 0 Å². The molecule has 0 saturated carbocycles. The summed E-state index contributed by atoms with van der Waals surface area (Å²) in [5, 5.41) is 8.40. The largest absolute Gasteiger partial charge is 0.205 e. The third-order valence-electron chi connectivity index (χ3n) is 1.54. The van der Waals surface area contributed by atoms with Gasteiger partial charge in [0.2, 0.25) is 0 Å². The molecule has 0 amide bonds. The molecule has 0 fully saturated rings. The van der Waals surface area contributed by atoms with Crippen molar-refractivity contribution < 1.29 is 4.39 Å². The fourth-order valence-electron chi connectivity index (χ4n) is 0.932. The van der Waals surface area contributed by atoms with E-state index in [9.17, 15) is 4.39 Å². The van der Waals surface area contributed by atoms with E-state index >= 15 is 0 Å². The highest BCUT2D eigenvalue weighted by molar-refractivity contribution is 6.30. The van der Waals surface area contributed by atoms with E-state index in [4.69, 9.17) is 16.9 Å². The lowest BCUT2D eigenvalue weighted by molar-refractivity contribution is 0.610. The Hall–Kier alpha value is -1.07. The van der Waals surface area contributed by atoms with E-state index in [1.54, 1.807) is 12.1 Å². The monoisotopic (exact) mass is 183 g/mol. The lowest BCUT2D eigenvalue weighted by Crippen LogP contribution is -1.89. The first-order valence-electron chi connectivity index (χ1n) is 3.55. The Morgan fingerprint density at radius 2 is 2.25 bits per heavy atom. The van der Waals surface area contributed by atoms with E-state index in [2.05, 4.69) is 0 Å². The molecule has 1 nitrogen and oxygen atoms in total. The topological polar surface area (TPSA) is 23.8 Å². The Morgan fingerprint density at radius 3 is 2.92 bits per heavy atom. The molecule has 0 aliphatic carbocycles. The van der Waals surface area contributed by atoms with Crippen LogP contribution in [0.4, 0.5) is 4.39 Å². The van der Waals surface area contributed by atoms with Crippen LogP contribution in [0.5, 0.6) is 0 Å². The number of benzene rings is 1. The first kappa shape index (κ1) is 9.02. The molecule has 0 bridgehead atoms. The molecule has 0 aromatic heterocycles. The second-order valence-electron chi connectivity index (χ2n) is 2.37. The number of halogens is 2. The molecule has 1 aromatic rings. The van der Waals surface area contributed by atoms with Gasteiger partial charge in [-0.2, -0.15) is 5.26 Å².